The fraction of sp³-hybridized carbons (Fsp3) is 0.316. The standard InChI is InChI=1S/C19H20ClFN2O3S/c20-16-4-1-5-18(11-16)22-19(24)15-3-2-10-23(12-15)27(25,26)13-14-6-8-17(21)9-7-14/h1,4-9,11,15H,2-3,10,12-13H2,(H,22,24). The summed E-state index contributed by atoms with van der Waals surface area (Å²) in [4.78, 5) is 12.5. The molecule has 27 heavy (non-hydrogen) atoms. The molecule has 1 heterocycles. The predicted molar refractivity (Wildman–Crippen MR) is 103 cm³/mol. The van der Waals surface area contributed by atoms with E-state index in [2.05, 4.69) is 5.32 Å². The van der Waals surface area contributed by atoms with Crippen molar-refractivity contribution in [3.05, 3.63) is 64.9 Å². The number of sulfonamides is 1. The van der Waals surface area contributed by atoms with Crippen LogP contribution in [0.15, 0.2) is 48.5 Å². The Bertz CT molecular complexity index is 919. The fourth-order valence-corrected chi connectivity index (χ4v) is 4.90. The molecule has 1 amide bonds. The van der Waals surface area contributed by atoms with E-state index in [4.69, 9.17) is 11.6 Å². The van der Waals surface area contributed by atoms with Crippen LogP contribution in [-0.2, 0) is 20.6 Å². The van der Waals surface area contributed by atoms with E-state index in [1.165, 1.54) is 28.6 Å². The summed E-state index contributed by atoms with van der Waals surface area (Å²) in [6.45, 7) is 0.514. The SMILES string of the molecule is O=C(Nc1cccc(Cl)c1)C1CCCN(S(=O)(=O)Cc2ccc(F)cc2)C1. The van der Waals surface area contributed by atoms with Crippen molar-refractivity contribution in [2.45, 2.75) is 18.6 Å². The van der Waals surface area contributed by atoms with E-state index >= 15 is 0 Å². The van der Waals surface area contributed by atoms with Crippen LogP contribution < -0.4 is 5.32 Å². The first-order valence-electron chi connectivity index (χ1n) is 8.62. The zero-order chi connectivity index (χ0) is 19.4. The van der Waals surface area contributed by atoms with Crippen LogP contribution in [0.4, 0.5) is 10.1 Å². The summed E-state index contributed by atoms with van der Waals surface area (Å²) in [6, 6.07) is 12.2. The Kier molecular flexibility index (Phi) is 6.14. The van der Waals surface area contributed by atoms with Crippen molar-refractivity contribution in [2.24, 2.45) is 5.92 Å². The number of piperidine rings is 1. The summed E-state index contributed by atoms with van der Waals surface area (Å²) < 4.78 is 39.7. The first-order valence-corrected chi connectivity index (χ1v) is 10.6. The minimum absolute atomic E-state index is 0.135. The lowest BCUT2D eigenvalue weighted by Gasteiger charge is -2.31. The molecule has 1 unspecified atom stereocenters. The Morgan fingerprint density at radius 2 is 1.96 bits per heavy atom. The van der Waals surface area contributed by atoms with Crippen molar-refractivity contribution in [1.29, 1.82) is 0 Å². The molecule has 0 aromatic heterocycles. The zero-order valence-corrected chi connectivity index (χ0v) is 16.1. The molecule has 8 heteroatoms. The van der Waals surface area contributed by atoms with Gasteiger partial charge in [-0.25, -0.2) is 17.1 Å². The Morgan fingerprint density at radius 3 is 2.67 bits per heavy atom. The topological polar surface area (TPSA) is 66.5 Å². The highest BCUT2D eigenvalue weighted by molar-refractivity contribution is 7.88. The van der Waals surface area contributed by atoms with Gasteiger partial charge in [0.1, 0.15) is 5.82 Å². The number of nitrogens with zero attached hydrogens (tertiary/aromatic N) is 1. The van der Waals surface area contributed by atoms with Gasteiger partial charge in [-0.15, -0.1) is 0 Å². The van der Waals surface area contributed by atoms with Gasteiger partial charge < -0.3 is 5.32 Å². The normalized spacial score (nSPS) is 18.2. The second-order valence-corrected chi connectivity index (χ2v) is 8.98. The maximum atomic E-state index is 13.0. The van der Waals surface area contributed by atoms with Gasteiger partial charge in [0, 0.05) is 23.8 Å². The summed E-state index contributed by atoms with van der Waals surface area (Å²) >= 11 is 5.92. The van der Waals surface area contributed by atoms with Crippen LogP contribution in [0.5, 0.6) is 0 Å². The molecule has 1 aliphatic rings. The molecule has 1 saturated heterocycles. The average Bonchev–Trinajstić information content (AvgIpc) is 2.63. The number of hydrogen-bond donors (Lipinski definition) is 1. The Balaban J connectivity index is 1.65. The van der Waals surface area contributed by atoms with E-state index in [1.807, 2.05) is 0 Å². The van der Waals surface area contributed by atoms with Crippen molar-refractivity contribution in [3.8, 4) is 0 Å². The van der Waals surface area contributed by atoms with E-state index in [1.54, 1.807) is 24.3 Å². The first-order chi connectivity index (χ1) is 12.8. The summed E-state index contributed by atoms with van der Waals surface area (Å²) in [6.07, 6.45) is 1.23. The highest BCUT2D eigenvalue weighted by Gasteiger charge is 2.32. The maximum Gasteiger partial charge on any atom is 0.228 e. The molecule has 144 valence electrons. The van der Waals surface area contributed by atoms with Crippen LogP contribution >= 0.6 is 11.6 Å². The molecule has 0 radical (unpaired) electrons. The molecular weight excluding hydrogens is 391 g/mol. The molecule has 1 atom stereocenters. The molecule has 0 bridgehead atoms. The van der Waals surface area contributed by atoms with Crippen LogP contribution in [-0.4, -0.2) is 31.7 Å². The first kappa shape index (κ1) is 19.8. The van der Waals surface area contributed by atoms with Gasteiger partial charge in [0.2, 0.25) is 15.9 Å². The Morgan fingerprint density at radius 1 is 1.22 bits per heavy atom. The number of anilines is 1. The van der Waals surface area contributed by atoms with Crippen LogP contribution in [0, 0.1) is 11.7 Å². The van der Waals surface area contributed by atoms with Gasteiger partial charge in [0.25, 0.3) is 0 Å². The summed E-state index contributed by atoms with van der Waals surface area (Å²) in [5.74, 6) is -1.28. The van der Waals surface area contributed by atoms with Crippen LogP contribution in [0.2, 0.25) is 5.02 Å². The van der Waals surface area contributed by atoms with Gasteiger partial charge in [-0.05, 0) is 48.7 Å². The van der Waals surface area contributed by atoms with Gasteiger partial charge in [0.15, 0.2) is 0 Å². The molecule has 1 fully saturated rings. The largest absolute Gasteiger partial charge is 0.326 e. The molecule has 0 aliphatic carbocycles. The van der Waals surface area contributed by atoms with Crippen molar-refractivity contribution < 1.29 is 17.6 Å². The second kappa shape index (κ2) is 8.37. The van der Waals surface area contributed by atoms with Crippen LogP contribution in [0.1, 0.15) is 18.4 Å². The molecule has 0 spiro atoms. The number of benzene rings is 2. The third kappa shape index (κ3) is 5.28. The lowest BCUT2D eigenvalue weighted by atomic mass is 9.99. The van der Waals surface area contributed by atoms with Gasteiger partial charge in [0.05, 0.1) is 11.7 Å². The number of rotatable bonds is 5. The number of hydrogen-bond acceptors (Lipinski definition) is 3. The van der Waals surface area contributed by atoms with Gasteiger partial charge in [-0.1, -0.05) is 29.8 Å². The highest BCUT2D eigenvalue weighted by atomic mass is 35.5. The Hall–Kier alpha value is -1.96. The van der Waals surface area contributed by atoms with E-state index in [9.17, 15) is 17.6 Å². The van der Waals surface area contributed by atoms with Crippen LogP contribution in [0.3, 0.4) is 0 Å². The second-order valence-electron chi connectivity index (χ2n) is 6.58. The third-order valence-corrected chi connectivity index (χ3v) is 6.55. The van der Waals surface area contributed by atoms with Gasteiger partial charge in [-0.2, -0.15) is 0 Å². The van der Waals surface area contributed by atoms with Gasteiger partial charge in [-0.3, -0.25) is 4.79 Å². The summed E-state index contributed by atoms with van der Waals surface area (Å²) in [5, 5.41) is 3.31. The third-order valence-electron chi connectivity index (χ3n) is 4.50. The lowest BCUT2D eigenvalue weighted by Crippen LogP contribution is -2.44. The summed E-state index contributed by atoms with van der Waals surface area (Å²) in [5.41, 5.74) is 1.10. The number of amides is 1. The van der Waals surface area contributed by atoms with Gasteiger partial charge >= 0.3 is 0 Å². The van der Waals surface area contributed by atoms with Crippen molar-refractivity contribution in [3.63, 3.8) is 0 Å². The monoisotopic (exact) mass is 410 g/mol. The summed E-state index contributed by atoms with van der Waals surface area (Å²) in [7, 11) is -3.59. The molecule has 1 N–H and O–H groups in total. The fourth-order valence-electron chi connectivity index (χ4n) is 3.10. The van der Waals surface area contributed by atoms with E-state index in [-0.39, 0.29) is 18.2 Å². The minimum atomic E-state index is -3.59. The molecule has 2 aromatic rings. The molecule has 5 nitrogen and oxygen atoms in total. The molecule has 0 saturated carbocycles. The van der Waals surface area contributed by atoms with Crippen molar-refractivity contribution in [2.75, 3.05) is 18.4 Å². The molecular formula is C19H20ClFN2O3S. The maximum absolute atomic E-state index is 13.0. The van der Waals surface area contributed by atoms with Crippen molar-refractivity contribution in [1.82, 2.24) is 4.31 Å². The quantitative estimate of drug-likeness (QED) is 0.818. The van der Waals surface area contributed by atoms with Crippen LogP contribution in [0.25, 0.3) is 0 Å². The lowest BCUT2D eigenvalue weighted by molar-refractivity contribution is -0.120. The number of carbonyl (C=O) groups is 1. The molecule has 3 rings (SSSR count). The van der Waals surface area contributed by atoms with E-state index < -0.39 is 21.8 Å². The smallest absolute Gasteiger partial charge is 0.228 e. The molecule has 2 aromatic carbocycles. The zero-order valence-electron chi connectivity index (χ0n) is 14.6. The Labute approximate surface area is 163 Å². The number of nitrogens with one attached hydrogen (secondary N) is 1. The number of carbonyl (C=O) groups excluding carboxylic acids is 1. The van der Waals surface area contributed by atoms with E-state index in [0.29, 0.717) is 35.7 Å². The predicted octanol–water partition coefficient (Wildman–Crippen LogP) is 3.66. The molecule has 1 aliphatic heterocycles. The average molecular weight is 411 g/mol. The van der Waals surface area contributed by atoms with E-state index in [0.717, 1.165) is 0 Å². The minimum Gasteiger partial charge on any atom is -0.326 e. The number of halogens is 2. The highest BCUT2D eigenvalue weighted by Crippen LogP contribution is 2.23. The van der Waals surface area contributed by atoms with Crippen molar-refractivity contribution >= 4 is 33.2 Å².